The number of aliphatic hydroxyl groups is 2. The van der Waals surface area contributed by atoms with Gasteiger partial charge in [-0.1, -0.05) is 13.8 Å². The van der Waals surface area contributed by atoms with E-state index >= 15 is 0 Å². The van der Waals surface area contributed by atoms with Gasteiger partial charge in [0.25, 0.3) is 0 Å². The molecule has 7 atom stereocenters. The van der Waals surface area contributed by atoms with E-state index in [2.05, 4.69) is 6.92 Å². The fourth-order valence-corrected chi connectivity index (χ4v) is 4.85. The zero-order valence-electron chi connectivity index (χ0n) is 11.9. The van der Waals surface area contributed by atoms with Crippen molar-refractivity contribution in [2.45, 2.75) is 63.8 Å². The van der Waals surface area contributed by atoms with Crippen LogP contribution in [0.1, 0.15) is 46.5 Å². The summed E-state index contributed by atoms with van der Waals surface area (Å²) in [6.07, 6.45) is 2.40. The number of rotatable bonds is 0. The van der Waals surface area contributed by atoms with Crippen LogP contribution in [0.4, 0.5) is 0 Å². The van der Waals surface area contributed by atoms with Gasteiger partial charge in [-0.05, 0) is 38.5 Å². The van der Waals surface area contributed by atoms with Crippen molar-refractivity contribution < 1.29 is 19.7 Å². The van der Waals surface area contributed by atoms with E-state index in [1.54, 1.807) is 6.92 Å². The minimum absolute atomic E-state index is 0.0444. The zero-order valence-corrected chi connectivity index (χ0v) is 11.9. The molecule has 2 N–H and O–H groups in total. The second-order valence-electron chi connectivity index (χ2n) is 7.13. The van der Waals surface area contributed by atoms with Crippen LogP contribution in [0.5, 0.6) is 0 Å². The zero-order chi connectivity index (χ0) is 14.0. The van der Waals surface area contributed by atoms with Gasteiger partial charge in [0.15, 0.2) is 0 Å². The monoisotopic (exact) mass is 268 g/mol. The molecule has 0 amide bonds. The van der Waals surface area contributed by atoms with Crippen molar-refractivity contribution in [1.29, 1.82) is 0 Å². The Kier molecular flexibility index (Phi) is 2.78. The number of carbonyl (C=O) groups is 1. The number of esters is 1. The van der Waals surface area contributed by atoms with E-state index in [9.17, 15) is 15.0 Å². The molecule has 1 saturated heterocycles. The van der Waals surface area contributed by atoms with Crippen LogP contribution < -0.4 is 0 Å². The molecular weight excluding hydrogens is 244 g/mol. The molecule has 2 saturated carbocycles. The first-order valence-corrected chi connectivity index (χ1v) is 7.44. The summed E-state index contributed by atoms with van der Waals surface area (Å²) in [5, 5.41) is 21.2. The van der Waals surface area contributed by atoms with Crippen LogP contribution in [0.3, 0.4) is 0 Å². The van der Waals surface area contributed by atoms with E-state index in [4.69, 9.17) is 4.74 Å². The van der Waals surface area contributed by atoms with Crippen molar-refractivity contribution >= 4 is 5.97 Å². The van der Waals surface area contributed by atoms with E-state index < -0.39 is 17.3 Å². The first-order chi connectivity index (χ1) is 8.80. The summed E-state index contributed by atoms with van der Waals surface area (Å²) in [6.45, 7) is 5.73. The average Bonchev–Trinajstić information content (AvgIpc) is 2.59. The lowest BCUT2D eigenvalue weighted by atomic mass is 9.53. The van der Waals surface area contributed by atoms with Gasteiger partial charge in [0.1, 0.15) is 11.7 Å². The molecule has 1 heterocycles. The van der Waals surface area contributed by atoms with Crippen molar-refractivity contribution in [3.05, 3.63) is 0 Å². The standard InChI is InChI=1S/C15H24O4/c1-8-4-5-11-9(2)12(16)19-15(11)10(8)6-7-14(3,18)13(15)17/h8-11,13,17-18H,4-7H2,1-3H3/t8-,9-,10+,11?,13-,14+,15+/m1/s1. The van der Waals surface area contributed by atoms with Crippen molar-refractivity contribution in [3.63, 3.8) is 0 Å². The smallest absolute Gasteiger partial charge is 0.309 e. The van der Waals surface area contributed by atoms with E-state index in [0.717, 1.165) is 19.3 Å². The molecule has 4 nitrogen and oxygen atoms in total. The molecule has 0 aromatic rings. The van der Waals surface area contributed by atoms with E-state index in [1.807, 2.05) is 6.92 Å². The summed E-state index contributed by atoms with van der Waals surface area (Å²) < 4.78 is 5.74. The second kappa shape index (κ2) is 3.95. The van der Waals surface area contributed by atoms with Crippen molar-refractivity contribution in [2.24, 2.45) is 23.7 Å². The summed E-state index contributed by atoms with van der Waals surface area (Å²) >= 11 is 0. The average molecular weight is 268 g/mol. The first-order valence-electron chi connectivity index (χ1n) is 7.44. The third-order valence-corrected chi connectivity index (χ3v) is 6.01. The molecule has 1 spiro atoms. The number of aliphatic hydroxyl groups excluding tert-OH is 1. The van der Waals surface area contributed by atoms with Gasteiger partial charge in [-0.3, -0.25) is 4.79 Å². The maximum absolute atomic E-state index is 12.0. The summed E-state index contributed by atoms with van der Waals surface area (Å²) in [7, 11) is 0. The Morgan fingerprint density at radius 1 is 1.21 bits per heavy atom. The molecule has 3 aliphatic rings. The summed E-state index contributed by atoms with van der Waals surface area (Å²) in [5.74, 6) is 0.276. The molecule has 1 aliphatic heterocycles. The Balaban J connectivity index is 2.08. The SMILES string of the molecule is C[C@@H]1CCC2[C@@H](C)C(=O)O[C@@]23[C@H]1CC[C@](C)(O)[C@H]3O. The highest BCUT2D eigenvalue weighted by atomic mass is 16.6. The van der Waals surface area contributed by atoms with Gasteiger partial charge in [0.2, 0.25) is 0 Å². The molecule has 0 radical (unpaired) electrons. The molecule has 0 aromatic heterocycles. The normalized spacial score (nSPS) is 57.3. The van der Waals surface area contributed by atoms with E-state index in [0.29, 0.717) is 12.3 Å². The highest BCUT2D eigenvalue weighted by Crippen LogP contribution is 2.59. The van der Waals surface area contributed by atoms with Crippen LogP contribution in [0, 0.1) is 23.7 Å². The lowest BCUT2D eigenvalue weighted by Gasteiger charge is -2.56. The molecule has 108 valence electrons. The van der Waals surface area contributed by atoms with Gasteiger partial charge in [-0.25, -0.2) is 0 Å². The third kappa shape index (κ3) is 1.56. The Bertz CT molecular complexity index is 401. The first kappa shape index (κ1) is 13.4. The predicted molar refractivity (Wildman–Crippen MR) is 69.2 cm³/mol. The molecule has 1 unspecified atom stereocenters. The van der Waals surface area contributed by atoms with E-state index in [-0.39, 0.29) is 23.7 Å². The maximum Gasteiger partial charge on any atom is 0.309 e. The topological polar surface area (TPSA) is 66.8 Å². The van der Waals surface area contributed by atoms with Crippen molar-refractivity contribution in [2.75, 3.05) is 0 Å². The minimum Gasteiger partial charge on any atom is -0.455 e. The molecule has 3 fully saturated rings. The largest absolute Gasteiger partial charge is 0.455 e. The second-order valence-corrected chi connectivity index (χ2v) is 7.13. The minimum atomic E-state index is -1.16. The van der Waals surface area contributed by atoms with Gasteiger partial charge in [-0.15, -0.1) is 0 Å². The van der Waals surface area contributed by atoms with Crippen molar-refractivity contribution in [1.82, 2.24) is 0 Å². The van der Waals surface area contributed by atoms with Gasteiger partial charge >= 0.3 is 5.97 Å². The Labute approximate surface area is 114 Å². The fraction of sp³-hybridized carbons (Fsp3) is 0.933. The van der Waals surface area contributed by atoms with Crippen LogP contribution in [0.2, 0.25) is 0 Å². The van der Waals surface area contributed by atoms with E-state index in [1.165, 1.54) is 0 Å². The van der Waals surface area contributed by atoms with Crippen molar-refractivity contribution in [3.8, 4) is 0 Å². The number of hydrogen-bond acceptors (Lipinski definition) is 4. The quantitative estimate of drug-likeness (QED) is 0.653. The summed E-state index contributed by atoms with van der Waals surface area (Å²) in [5.41, 5.74) is -2.01. The Morgan fingerprint density at radius 2 is 1.89 bits per heavy atom. The molecule has 4 heteroatoms. The summed E-state index contributed by atoms with van der Waals surface area (Å²) in [6, 6.07) is 0. The van der Waals surface area contributed by atoms with Gasteiger partial charge in [0, 0.05) is 11.8 Å². The lowest BCUT2D eigenvalue weighted by Crippen LogP contribution is -2.67. The van der Waals surface area contributed by atoms with Crippen LogP contribution >= 0.6 is 0 Å². The summed E-state index contributed by atoms with van der Waals surface area (Å²) in [4.78, 5) is 12.0. The number of carbonyl (C=O) groups excluding carboxylic acids is 1. The van der Waals surface area contributed by atoms with Crippen LogP contribution in [-0.2, 0) is 9.53 Å². The highest BCUT2D eigenvalue weighted by molar-refractivity contribution is 5.76. The molecule has 0 bridgehead atoms. The molecule has 19 heavy (non-hydrogen) atoms. The van der Waals surface area contributed by atoms with Gasteiger partial charge in [-0.2, -0.15) is 0 Å². The fourth-order valence-electron chi connectivity index (χ4n) is 4.85. The Hall–Kier alpha value is -0.610. The van der Waals surface area contributed by atoms with Crippen LogP contribution in [-0.4, -0.2) is 33.5 Å². The molecule has 0 aromatic carbocycles. The lowest BCUT2D eigenvalue weighted by molar-refractivity contribution is -0.248. The van der Waals surface area contributed by atoms with Gasteiger partial charge in [0.05, 0.1) is 11.5 Å². The number of ether oxygens (including phenoxy) is 1. The molecular formula is C15H24O4. The highest BCUT2D eigenvalue weighted by Gasteiger charge is 2.68. The number of hydrogen-bond donors (Lipinski definition) is 2. The van der Waals surface area contributed by atoms with Crippen LogP contribution in [0.25, 0.3) is 0 Å². The van der Waals surface area contributed by atoms with Crippen LogP contribution in [0.15, 0.2) is 0 Å². The third-order valence-electron chi connectivity index (χ3n) is 6.01. The molecule has 3 rings (SSSR count). The predicted octanol–water partition coefficient (Wildman–Crippen LogP) is 1.49. The Morgan fingerprint density at radius 3 is 2.58 bits per heavy atom. The maximum atomic E-state index is 12.0. The molecule has 2 aliphatic carbocycles. The van der Waals surface area contributed by atoms with Gasteiger partial charge < -0.3 is 14.9 Å².